The summed E-state index contributed by atoms with van der Waals surface area (Å²) in [5.41, 5.74) is 1.74. The third-order valence-electron chi connectivity index (χ3n) is 3.16. The number of hydrogen-bond donors (Lipinski definition) is 1. The fourth-order valence-electron chi connectivity index (χ4n) is 2.17. The summed E-state index contributed by atoms with van der Waals surface area (Å²) >= 11 is 1.37. The van der Waals surface area contributed by atoms with Crippen LogP contribution in [0.1, 0.15) is 11.5 Å². The van der Waals surface area contributed by atoms with Gasteiger partial charge in [-0.1, -0.05) is 0 Å². The minimum atomic E-state index is -0.566. The number of rotatable bonds is 3. The monoisotopic (exact) mass is 308 g/mol. The van der Waals surface area contributed by atoms with E-state index in [4.69, 9.17) is 13.9 Å². The number of nitrogens with zero attached hydrogens (tertiary/aromatic N) is 1. The topological polar surface area (TPSA) is 73.6 Å². The molecule has 0 radical (unpaired) electrons. The first-order chi connectivity index (χ1) is 10.1. The zero-order chi connectivity index (χ0) is 14.8. The summed E-state index contributed by atoms with van der Waals surface area (Å²) in [4.78, 5) is 16.4. The molecule has 112 valence electrons. The Morgan fingerprint density at radius 1 is 1.43 bits per heavy atom. The molecule has 0 aliphatic carbocycles. The zero-order valence-electron chi connectivity index (χ0n) is 11.8. The van der Waals surface area contributed by atoms with Crippen LogP contribution in [0.2, 0.25) is 0 Å². The van der Waals surface area contributed by atoms with Crippen molar-refractivity contribution in [1.82, 2.24) is 4.98 Å². The summed E-state index contributed by atoms with van der Waals surface area (Å²) in [7, 11) is 0. The summed E-state index contributed by atoms with van der Waals surface area (Å²) in [5, 5.41) is 5.20. The Morgan fingerprint density at radius 2 is 2.29 bits per heavy atom. The first-order valence-corrected chi connectivity index (χ1v) is 7.54. The zero-order valence-corrected chi connectivity index (χ0v) is 12.7. The van der Waals surface area contributed by atoms with Gasteiger partial charge in [0.1, 0.15) is 11.5 Å². The van der Waals surface area contributed by atoms with Crippen LogP contribution < -0.4 is 5.32 Å². The van der Waals surface area contributed by atoms with E-state index in [1.54, 1.807) is 0 Å². The lowest BCUT2D eigenvalue weighted by atomic mass is 10.2. The van der Waals surface area contributed by atoms with Gasteiger partial charge in [-0.2, -0.15) is 0 Å². The molecule has 3 rings (SSSR count). The number of carbonyl (C=O) groups excluding carboxylic acids is 1. The number of thiazole rings is 1. The summed E-state index contributed by atoms with van der Waals surface area (Å²) in [6.45, 7) is 5.04. The average Bonchev–Trinajstić information content (AvgIpc) is 3.06. The molecule has 1 amide bonds. The number of carbonyl (C=O) groups is 1. The molecular weight excluding hydrogens is 292 g/mol. The van der Waals surface area contributed by atoms with Crippen molar-refractivity contribution in [2.24, 2.45) is 0 Å². The van der Waals surface area contributed by atoms with E-state index in [0.29, 0.717) is 18.3 Å². The van der Waals surface area contributed by atoms with Crippen molar-refractivity contribution in [2.75, 3.05) is 25.1 Å². The molecule has 1 N–H and O–H groups in total. The van der Waals surface area contributed by atoms with Gasteiger partial charge >= 0.3 is 0 Å². The van der Waals surface area contributed by atoms with E-state index >= 15 is 0 Å². The smallest absolute Gasteiger partial charge is 0.257 e. The molecule has 1 aliphatic heterocycles. The largest absolute Gasteiger partial charge is 0.466 e. The lowest BCUT2D eigenvalue weighted by Crippen LogP contribution is -2.39. The number of aromatic nitrogens is 1. The maximum absolute atomic E-state index is 12.0. The molecule has 0 bridgehead atoms. The predicted octanol–water partition coefficient (Wildman–Crippen LogP) is 2.37. The highest BCUT2D eigenvalue weighted by atomic mass is 32.1. The minimum absolute atomic E-state index is 0.226. The van der Waals surface area contributed by atoms with Gasteiger partial charge in [-0.05, 0) is 19.9 Å². The van der Waals surface area contributed by atoms with Crippen molar-refractivity contribution in [3.05, 3.63) is 23.0 Å². The van der Waals surface area contributed by atoms with Crippen molar-refractivity contribution in [3.8, 4) is 11.3 Å². The fourth-order valence-corrected chi connectivity index (χ4v) is 2.88. The lowest BCUT2D eigenvalue weighted by Gasteiger charge is -2.21. The van der Waals surface area contributed by atoms with E-state index in [2.05, 4.69) is 10.3 Å². The van der Waals surface area contributed by atoms with Gasteiger partial charge in [-0.25, -0.2) is 4.98 Å². The van der Waals surface area contributed by atoms with Gasteiger partial charge in [0.15, 0.2) is 11.2 Å². The molecule has 0 saturated carbocycles. The van der Waals surface area contributed by atoms with Crippen LogP contribution in [0.5, 0.6) is 0 Å². The Labute approximate surface area is 126 Å². The molecule has 2 aromatic rings. The number of hydrogen-bond acceptors (Lipinski definition) is 6. The molecule has 0 spiro atoms. The summed E-state index contributed by atoms with van der Waals surface area (Å²) in [5.74, 6) is 1.43. The third-order valence-corrected chi connectivity index (χ3v) is 3.92. The Hall–Kier alpha value is -1.70. The highest BCUT2D eigenvalue weighted by Gasteiger charge is 2.23. The maximum atomic E-state index is 12.0. The van der Waals surface area contributed by atoms with Crippen molar-refractivity contribution >= 4 is 22.4 Å². The van der Waals surface area contributed by atoms with Gasteiger partial charge in [-0.15, -0.1) is 11.3 Å². The number of amides is 1. The van der Waals surface area contributed by atoms with E-state index in [0.717, 1.165) is 22.8 Å². The van der Waals surface area contributed by atoms with Crippen LogP contribution >= 0.6 is 11.3 Å². The highest BCUT2D eigenvalue weighted by molar-refractivity contribution is 7.14. The van der Waals surface area contributed by atoms with Crippen molar-refractivity contribution in [2.45, 2.75) is 20.0 Å². The molecule has 6 nitrogen and oxygen atoms in total. The Bertz CT molecular complexity index is 643. The second-order valence-electron chi connectivity index (χ2n) is 4.79. The molecule has 2 aromatic heterocycles. The highest BCUT2D eigenvalue weighted by Crippen LogP contribution is 2.29. The molecule has 7 heteroatoms. The second kappa shape index (κ2) is 5.97. The van der Waals surface area contributed by atoms with Crippen molar-refractivity contribution in [1.29, 1.82) is 0 Å². The van der Waals surface area contributed by atoms with Crippen LogP contribution in [-0.4, -0.2) is 36.8 Å². The fraction of sp³-hybridized carbons (Fsp3) is 0.429. The van der Waals surface area contributed by atoms with Crippen molar-refractivity contribution in [3.63, 3.8) is 0 Å². The van der Waals surface area contributed by atoms with Gasteiger partial charge in [0.25, 0.3) is 5.91 Å². The Balaban J connectivity index is 1.70. The normalized spacial score (nSPS) is 18.7. The maximum Gasteiger partial charge on any atom is 0.257 e. The molecule has 0 aromatic carbocycles. The quantitative estimate of drug-likeness (QED) is 0.942. The number of ether oxygens (including phenoxy) is 2. The van der Waals surface area contributed by atoms with E-state index in [-0.39, 0.29) is 12.5 Å². The van der Waals surface area contributed by atoms with Gasteiger partial charge < -0.3 is 13.9 Å². The first-order valence-electron chi connectivity index (χ1n) is 6.66. The molecule has 3 heterocycles. The lowest BCUT2D eigenvalue weighted by molar-refractivity contribution is -0.142. The molecule has 1 saturated heterocycles. The van der Waals surface area contributed by atoms with Crippen LogP contribution in [0, 0.1) is 13.8 Å². The van der Waals surface area contributed by atoms with Crippen LogP contribution in [0.3, 0.4) is 0 Å². The van der Waals surface area contributed by atoms with E-state index in [1.807, 2.05) is 25.3 Å². The van der Waals surface area contributed by atoms with Crippen molar-refractivity contribution < 1.29 is 18.7 Å². The molecular formula is C14H16N2O4S. The molecule has 0 unspecified atom stereocenters. The van der Waals surface area contributed by atoms with Gasteiger partial charge in [-0.3, -0.25) is 10.1 Å². The van der Waals surface area contributed by atoms with Crippen LogP contribution in [0.4, 0.5) is 5.13 Å². The van der Waals surface area contributed by atoms with Gasteiger partial charge in [0, 0.05) is 10.9 Å². The average molecular weight is 308 g/mol. The summed E-state index contributed by atoms with van der Waals surface area (Å²) in [6.07, 6.45) is -0.566. The minimum Gasteiger partial charge on any atom is -0.466 e. The van der Waals surface area contributed by atoms with E-state index < -0.39 is 6.10 Å². The Morgan fingerprint density at radius 3 is 2.95 bits per heavy atom. The van der Waals surface area contributed by atoms with E-state index in [1.165, 1.54) is 11.3 Å². The van der Waals surface area contributed by atoms with E-state index in [9.17, 15) is 4.79 Å². The molecule has 1 fully saturated rings. The standard InChI is InChI=1S/C14H16N2O4S/c1-8-5-10(9(2)20-8)11-7-21-14(15-11)16-13(17)12-6-18-3-4-19-12/h5,7,12H,3-4,6H2,1-2H3,(H,15,16,17)/t12-/m0/s1. The number of furan rings is 1. The SMILES string of the molecule is Cc1cc(-c2csc(NC(=O)[C@@H]3COCCO3)n2)c(C)o1. The van der Waals surface area contributed by atoms with Crippen LogP contribution in [0.15, 0.2) is 15.9 Å². The predicted molar refractivity (Wildman–Crippen MR) is 78.5 cm³/mol. The number of nitrogens with one attached hydrogen (secondary N) is 1. The van der Waals surface area contributed by atoms with Crippen LogP contribution in [-0.2, 0) is 14.3 Å². The molecule has 21 heavy (non-hydrogen) atoms. The second-order valence-corrected chi connectivity index (χ2v) is 5.65. The molecule has 1 atom stereocenters. The van der Waals surface area contributed by atoms with Gasteiger partial charge in [0.05, 0.1) is 25.5 Å². The summed E-state index contributed by atoms with van der Waals surface area (Å²) < 4.78 is 16.1. The summed E-state index contributed by atoms with van der Waals surface area (Å²) in [6, 6.07) is 1.94. The number of aryl methyl sites for hydroxylation is 2. The first kappa shape index (κ1) is 14.2. The van der Waals surface area contributed by atoms with Crippen LogP contribution in [0.25, 0.3) is 11.3 Å². The van der Waals surface area contributed by atoms with Gasteiger partial charge in [0.2, 0.25) is 0 Å². The number of anilines is 1. The third kappa shape index (κ3) is 3.15. The molecule has 1 aliphatic rings. The Kier molecular flexibility index (Phi) is 4.05.